The maximum Gasteiger partial charge on any atom is 0.165 e. The SMILES string of the molecule is NCOCCn1cnc2c(N)ncnc21. The van der Waals surface area contributed by atoms with E-state index in [0.717, 1.165) is 0 Å². The Morgan fingerprint density at radius 1 is 1.33 bits per heavy atom. The van der Waals surface area contributed by atoms with Gasteiger partial charge in [0.25, 0.3) is 0 Å². The highest BCUT2D eigenvalue weighted by Crippen LogP contribution is 2.13. The van der Waals surface area contributed by atoms with Crippen molar-refractivity contribution in [2.75, 3.05) is 19.1 Å². The van der Waals surface area contributed by atoms with Gasteiger partial charge in [-0.3, -0.25) is 0 Å². The van der Waals surface area contributed by atoms with Crippen LogP contribution in [0.15, 0.2) is 12.7 Å². The molecule has 0 radical (unpaired) electrons. The first-order valence-corrected chi connectivity index (χ1v) is 4.52. The summed E-state index contributed by atoms with van der Waals surface area (Å²) < 4.78 is 6.89. The van der Waals surface area contributed by atoms with Crippen LogP contribution in [0.2, 0.25) is 0 Å². The molecule has 7 heteroatoms. The molecule has 0 saturated heterocycles. The van der Waals surface area contributed by atoms with Crippen molar-refractivity contribution in [1.29, 1.82) is 0 Å². The predicted molar refractivity (Wildman–Crippen MR) is 54.7 cm³/mol. The number of hydrogen-bond donors (Lipinski definition) is 2. The summed E-state index contributed by atoms with van der Waals surface area (Å²) in [7, 11) is 0. The fourth-order valence-corrected chi connectivity index (χ4v) is 1.31. The highest BCUT2D eigenvalue weighted by atomic mass is 16.5. The molecule has 80 valence electrons. The van der Waals surface area contributed by atoms with Crippen molar-refractivity contribution < 1.29 is 4.74 Å². The molecule has 0 spiro atoms. The molecule has 4 N–H and O–H groups in total. The molecule has 0 aliphatic carbocycles. The maximum absolute atomic E-state index is 5.65. The monoisotopic (exact) mass is 208 g/mol. The lowest BCUT2D eigenvalue weighted by atomic mass is 10.5. The van der Waals surface area contributed by atoms with Crippen molar-refractivity contribution in [2.24, 2.45) is 5.73 Å². The number of nitrogens with two attached hydrogens (primary N) is 2. The second-order valence-corrected chi connectivity index (χ2v) is 2.94. The van der Waals surface area contributed by atoms with Gasteiger partial charge in [-0.2, -0.15) is 0 Å². The average molecular weight is 208 g/mol. The minimum Gasteiger partial charge on any atom is -0.382 e. The van der Waals surface area contributed by atoms with Crippen LogP contribution in [0.25, 0.3) is 11.2 Å². The van der Waals surface area contributed by atoms with Crippen LogP contribution < -0.4 is 11.5 Å². The molecule has 0 bridgehead atoms. The molecule has 2 aromatic heterocycles. The Morgan fingerprint density at radius 2 is 2.20 bits per heavy atom. The first-order valence-electron chi connectivity index (χ1n) is 4.52. The fourth-order valence-electron chi connectivity index (χ4n) is 1.31. The average Bonchev–Trinajstić information content (AvgIpc) is 2.64. The summed E-state index contributed by atoms with van der Waals surface area (Å²) in [6.07, 6.45) is 3.08. The number of aromatic nitrogens is 4. The maximum atomic E-state index is 5.65. The Morgan fingerprint density at radius 3 is 3.00 bits per heavy atom. The van der Waals surface area contributed by atoms with Gasteiger partial charge in [0.05, 0.1) is 19.7 Å². The van der Waals surface area contributed by atoms with Crippen molar-refractivity contribution in [3.63, 3.8) is 0 Å². The second-order valence-electron chi connectivity index (χ2n) is 2.94. The van der Waals surface area contributed by atoms with Gasteiger partial charge in [0.1, 0.15) is 11.8 Å². The molecule has 0 aliphatic rings. The molecule has 0 amide bonds. The molecule has 0 aliphatic heterocycles. The van der Waals surface area contributed by atoms with Crippen molar-refractivity contribution in [2.45, 2.75) is 6.54 Å². The van der Waals surface area contributed by atoms with Crippen LogP contribution in [0.5, 0.6) is 0 Å². The highest BCUT2D eigenvalue weighted by Gasteiger charge is 2.06. The van der Waals surface area contributed by atoms with E-state index in [1.165, 1.54) is 6.33 Å². The van der Waals surface area contributed by atoms with Gasteiger partial charge in [-0.05, 0) is 0 Å². The van der Waals surface area contributed by atoms with Crippen molar-refractivity contribution in [3.8, 4) is 0 Å². The van der Waals surface area contributed by atoms with Gasteiger partial charge in [-0.25, -0.2) is 15.0 Å². The van der Waals surface area contributed by atoms with E-state index < -0.39 is 0 Å². The zero-order valence-corrected chi connectivity index (χ0v) is 8.13. The third-order valence-electron chi connectivity index (χ3n) is 2.02. The standard InChI is InChI=1S/C8H12N6O/c9-3-15-2-1-14-5-13-6-7(10)11-4-12-8(6)14/h4-5H,1-3,9H2,(H2,10,11,12). The summed E-state index contributed by atoms with van der Waals surface area (Å²) in [5.41, 5.74) is 12.2. The largest absolute Gasteiger partial charge is 0.382 e. The van der Waals surface area contributed by atoms with Crippen LogP contribution in [0.4, 0.5) is 5.82 Å². The number of fused-ring (bicyclic) bond motifs is 1. The minimum absolute atomic E-state index is 0.212. The molecule has 2 aromatic rings. The number of nitrogen functional groups attached to an aromatic ring is 1. The molecule has 2 rings (SSSR count). The molecule has 15 heavy (non-hydrogen) atoms. The Hall–Kier alpha value is -1.73. The summed E-state index contributed by atoms with van der Waals surface area (Å²) in [5, 5.41) is 0. The third-order valence-corrected chi connectivity index (χ3v) is 2.02. The van der Waals surface area contributed by atoms with Crippen molar-refractivity contribution >= 4 is 17.0 Å². The molecule has 0 fully saturated rings. The lowest BCUT2D eigenvalue weighted by molar-refractivity contribution is 0.133. The Kier molecular flexibility index (Phi) is 2.75. The fraction of sp³-hybridized carbons (Fsp3) is 0.375. The smallest absolute Gasteiger partial charge is 0.165 e. The molecule has 7 nitrogen and oxygen atoms in total. The number of anilines is 1. The van der Waals surface area contributed by atoms with Crippen LogP contribution >= 0.6 is 0 Å². The first-order chi connectivity index (χ1) is 7.33. The van der Waals surface area contributed by atoms with Gasteiger partial charge >= 0.3 is 0 Å². The lowest BCUT2D eigenvalue weighted by Crippen LogP contribution is -2.10. The summed E-state index contributed by atoms with van der Waals surface area (Å²) in [6, 6.07) is 0. The number of ether oxygens (including phenoxy) is 1. The van der Waals surface area contributed by atoms with Gasteiger partial charge in [-0.15, -0.1) is 0 Å². The van der Waals surface area contributed by atoms with Gasteiger partial charge in [0, 0.05) is 6.54 Å². The molecule has 0 unspecified atom stereocenters. The molecule has 2 heterocycles. The zero-order chi connectivity index (χ0) is 10.7. The highest BCUT2D eigenvalue weighted by molar-refractivity contribution is 5.80. The molecular weight excluding hydrogens is 196 g/mol. The van der Waals surface area contributed by atoms with Crippen LogP contribution in [0.3, 0.4) is 0 Å². The van der Waals surface area contributed by atoms with Gasteiger partial charge in [0.2, 0.25) is 0 Å². The Balaban J connectivity index is 2.25. The normalized spacial score (nSPS) is 11.0. The van der Waals surface area contributed by atoms with Crippen molar-refractivity contribution in [1.82, 2.24) is 19.5 Å². The quantitative estimate of drug-likeness (QED) is 0.510. The third kappa shape index (κ3) is 1.88. The second kappa shape index (κ2) is 4.20. The first kappa shape index (κ1) is 9.81. The van der Waals surface area contributed by atoms with E-state index in [1.807, 2.05) is 4.57 Å². The lowest BCUT2D eigenvalue weighted by Gasteiger charge is -2.03. The summed E-state index contributed by atoms with van der Waals surface area (Å²) >= 11 is 0. The number of hydrogen-bond acceptors (Lipinski definition) is 6. The predicted octanol–water partition coefficient (Wildman–Crippen LogP) is -0.659. The van der Waals surface area contributed by atoms with E-state index >= 15 is 0 Å². The van der Waals surface area contributed by atoms with Crippen LogP contribution in [-0.2, 0) is 11.3 Å². The molecular formula is C8H12N6O. The minimum atomic E-state index is 0.212. The zero-order valence-electron chi connectivity index (χ0n) is 8.13. The van der Waals surface area contributed by atoms with Gasteiger partial charge in [0.15, 0.2) is 11.5 Å². The topological polar surface area (TPSA) is 105 Å². The Bertz CT molecular complexity index is 453. The van der Waals surface area contributed by atoms with E-state index in [-0.39, 0.29) is 6.73 Å². The number of imidazole rings is 1. The number of nitrogens with zero attached hydrogens (tertiary/aromatic N) is 4. The summed E-state index contributed by atoms with van der Waals surface area (Å²) in [5.74, 6) is 0.387. The van der Waals surface area contributed by atoms with Crippen LogP contribution in [-0.4, -0.2) is 32.9 Å². The number of rotatable bonds is 4. The van der Waals surface area contributed by atoms with Gasteiger partial charge < -0.3 is 20.8 Å². The van der Waals surface area contributed by atoms with E-state index in [0.29, 0.717) is 30.1 Å². The summed E-state index contributed by atoms with van der Waals surface area (Å²) in [4.78, 5) is 12.1. The Labute approximate surface area is 86.1 Å². The van der Waals surface area contributed by atoms with Crippen molar-refractivity contribution in [3.05, 3.63) is 12.7 Å². The van der Waals surface area contributed by atoms with E-state index in [4.69, 9.17) is 16.2 Å². The van der Waals surface area contributed by atoms with E-state index in [9.17, 15) is 0 Å². The molecule has 0 saturated carbocycles. The van der Waals surface area contributed by atoms with E-state index in [2.05, 4.69) is 15.0 Å². The van der Waals surface area contributed by atoms with Crippen LogP contribution in [0, 0.1) is 0 Å². The van der Waals surface area contributed by atoms with Gasteiger partial charge in [-0.1, -0.05) is 0 Å². The summed E-state index contributed by atoms with van der Waals surface area (Å²) in [6.45, 7) is 1.37. The molecule has 0 atom stereocenters. The van der Waals surface area contributed by atoms with E-state index in [1.54, 1.807) is 6.33 Å². The molecule has 0 aromatic carbocycles. The van der Waals surface area contributed by atoms with Crippen LogP contribution in [0.1, 0.15) is 0 Å².